The number of thiazole rings is 1. The molecule has 7 rings (SSSR count). The van der Waals surface area contributed by atoms with E-state index in [-0.39, 0.29) is 11.5 Å². The monoisotopic (exact) mass is 526 g/mol. The van der Waals surface area contributed by atoms with Gasteiger partial charge in [-0.05, 0) is 40.8 Å². The summed E-state index contributed by atoms with van der Waals surface area (Å²) in [6.45, 7) is 0. The summed E-state index contributed by atoms with van der Waals surface area (Å²) in [4.78, 5) is 19.6. The highest BCUT2D eigenvalue weighted by Gasteiger charge is 2.35. The molecule has 0 spiro atoms. The molecule has 0 saturated heterocycles. The average Bonchev–Trinajstić information content (AvgIpc) is 3.32. The van der Waals surface area contributed by atoms with Crippen molar-refractivity contribution in [3.8, 4) is 22.9 Å². The summed E-state index contributed by atoms with van der Waals surface area (Å²) in [6.07, 6.45) is 0. The first-order valence-corrected chi connectivity index (χ1v) is 13.0. The van der Waals surface area contributed by atoms with Gasteiger partial charge in [0.1, 0.15) is 5.75 Å². The molecule has 1 aliphatic rings. The molecule has 0 aliphatic carbocycles. The number of halogens is 2. The molecule has 4 aromatic carbocycles. The molecule has 36 heavy (non-hydrogen) atoms. The molecule has 6 aromatic rings. The number of nitrogens with zero attached hydrogens (tertiary/aromatic N) is 2. The van der Waals surface area contributed by atoms with E-state index in [9.17, 15) is 4.79 Å². The Hall–Kier alpha value is -3.64. The number of hydrogen-bond donors (Lipinski definition) is 0. The van der Waals surface area contributed by atoms with Crippen LogP contribution in [0.2, 0.25) is 10.0 Å². The molecular formula is C29H16Cl2N2O2S. The molecule has 0 bridgehead atoms. The summed E-state index contributed by atoms with van der Waals surface area (Å²) in [6, 6.07) is 27.2. The fraction of sp³-hybridized carbons (Fsp3) is 0.0345. The number of benzene rings is 4. The van der Waals surface area contributed by atoms with Gasteiger partial charge in [-0.25, -0.2) is 0 Å². The maximum atomic E-state index is 14.2. The van der Waals surface area contributed by atoms with Crippen LogP contribution < -0.4 is 10.3 Å². The van der Waals surface area contributed by atoms with Crippen molar-refractivity contribution in [2.24, 2.45) is 0 Å². The second-order valence-corrected chi connectivity index (χ2v) is 10.4. The van der Waals surface area contributed by atoms with E-state index < -0.39 is 0 Å². The van der Waals surface area contributed by atoms with E-state index in [4.69, 9.17) is 32.9 Å². The molecule has 0 saturated carbocycles. The molecule has 174 valence electrons. The summed E-state index contributed by atoms with van der Waals surface area (Å²) in [7, 11) is 0. The van der Waals surface area contributed by atoms with Crippen molar-refractivity contribution < 1.29 is 4.74 Å². The van der Waals surface area contributed by atoms with Crippen molar-refractivity contribution in [3.63, 3.8) is 0 Å². The summed E-state index contributed by atoms with van der Waals surface area (Å²) in [5, 5.41) is 5.22. The number of rotatable bonds is 2. The predicted octanol–water partition coefficient (Wildman–Crippen LogP) is 8.17. The number of ether oxygens (including phenoxy) is 1. The van der Waals surface area contributed by atoms with Crippen LogP contribution in [0.4, 0.5) is 0 Å². The molecule has 2 aromatic heterocycles. The first kappa shape index (κ1) is 21.6. The van der Waals surface area contributed by atoms with E-state index in [0.717, 1.165) is 38.9 Å². The zero-order chi connectivity index (χ0) is 24.4. The number of hydrogen-bond acceptors (Lipinski definition) is 4. The second kappa shape index (κ2) is 8.20. The Kier molecular flexibility index (Phi) is 4.93. The van der Waals surface area contributed by atoms with Gasteiger partial charge in [0.05, 0.1) is 11.3 Å². The highest BCUT2D eigenvalue weighted by Crippen LogP contribution is 2.48. The molecule has 1 atom stereocenters. The SMILES string of the molecule is O=c1c2c(nc3scc(-c4ccc(Cl)cc4)n13)Oc1c(ccc3ccccc13)C2c1cccc(Cl)c1. The average molecular weight is 527 g/mol. The lowest BCUT2D eigenvalue weighted by Gasteiger charge is -2.28. The van der Waals surface area contributed by atoms with Gasteiger partial charge in [0.25, 0.3) is 5.56 Å². The minimum Gasteiger partial charge on any atom is -0.437 e. The standard InChI is InChI=1S/C29H16Cl2N2O2S/c30-19-11-8-17(9-12-19)23-15-36-29-32-27-25(28(34)33(23)29)24(18-5-3-6-20(31)14-18)22-13-10-16-4-1-2-7-21(16)26(22)35-27/h1-15,24H. The second-order valence-electron chi connectivity index (χ2n) is 8.68. The third-order valence-electron chi connectivity index (χ3n) is 6.60. The van der Waals surface area contributed by atoms with Crippen molar-refractivity contribution in [1.29, 1.82) is 0 Å². The third-order valence-corrected chi connectivity index (χ3v) is 7.91. The molecule has 0 N–H and O–H groups in total. The van der Waals surface area contributed by atoms with Crippen molar-refractivity contribution in [2.75, 3.05) is 0 Å². The van der Waals surface area contributed by atoms with Crippen molar-refractivity contribution in [1.82, 2.24) is 9.38 Å². The Morgan fingerprint density at radius 1 is 0.889 bits per heavy atom. The molecule has 1 aliphatic heterocycles. The van der Waals surface area contributed by atoms with Crippen molar-refractivity contribution in [3.05, 3.63) is 127 Å². The zero-order valence-corrected chi connectivity index (χ0v) is 20.9. The van der Waals surface area contributed by atoms with Gasteiger partial charge in [0.2, 0.25) is 5.88 Å². The van der Waals surface area contributed by atoms with Gasteiger partial charge in [-0.15, -0.1) is 11.3 Å². The van der Waals surface area contributed by atoms with Crippen LogP contribution in [0.15, 0.2) is 95.1 Å². The van der Waals surface area contributed by atoms with Gasteiger partial charge in [0.15, 0.2) is 4.96 Å². The maximum Gasteiger partial charge on any atom is 0.267 e. The molecule has 7 heteroatoms. The van der Waals surface area contributed by atoms with E-state index in [1.54, 1.807) is 4.40 Å². The van der Waals surface area contributed by atoms with Gasteiger partial charge < -0.3 is 4.74 Å². The molecule has 3 heterocycles. The lowest BCUT2D eigenvalue weighted by molar-refractivity contribution is 0.437. The fourth-order valence-corrected chi connectivity index (χ4v) is 6.18. The van der Waals surface area contributed by atoms with Gasteiger partial charge in [-0.2, -0.15) is 4.98 Å². The first-order valence-electron chi connectivity index (χ1n) is 11.3. The number of aromatic nitrogens is 2. The third kappa shape index (κ3) is 3.28. The molecule has 4 nitrogen and oxygen atoms in total. The quantitative estimate of drug-likeness (QED) is 0.228. The van der Waals surface area contributed by atoms with Gasteiger partial charge in [-0.3, -0.25) is 9.20 Å². The highest BCUT2D eigenvalue weighted by molar-refractivity contribution is 7.15. The Labute approximate surface area is 220 Å². The van der Waals surface area contributed by atoms with Crippen LogP contribution in [0.25, 0.3) is 27.0 Å². The largest absolute Gasteiger partial charge is 0.437 e. The molecule has 1 unspecified atom stereocenters. The highest BCUT2D eigenvalue weighted by atomic mass is 35.5. The van der Waals surface area contributed by atoms with Crippen LogP contribution >= 0.6 is 34.5 Å². The first-order chi connectivity index (χ1) is 17.6. The van der Waals surface area contributed by atoms with Gasteiger partial charge in [-0.1, -0.05) is 83.9 Å². The zero-order valence-electron chi connectivity index (χ0n) is 18.6. The summed E-state index contributed by atoms with van der Waals surface area (Å²) in [5.74, 6) is 0.663. The predicted molar refractivity (Wildman–Crippen MR) is 146 cm³/mol. The van der Waals surface area contributed by atoms with E-state index in [2.05, 4.69) is 6.07 Å². The van der Waals surface area contributed by atoms with E-state index in [1.165, 1.54) is 11.3 Å². The topological polar surface area (TPSA) is 43.6 Å². The Bertz CT molecular complexity index is 1880. The molecule has 0 radical (unpaired) electrons. The Morgan fingerprint density at radius 2 is 1.72 bits per heavy atom. The van der Waals surface area contributed by atoms with Crippen LogP contribution in [0.3, 0.4) is 0 Å². The fourth-order valence-electron chi connectivity index (χ4n) is 4.98. The van der Waals surface area contributed by atoms with Crippen molar-refractivity contribution in [2.45, 2.75) is 5.92 Å². The Balaban J connectivity index is 1.55. The molecule has 0 fully saturated rings. The lowest BCUT2D eigenvalue weighted by Crippen LogP contribution is -2.26. The van der Waals surface area contributed by atoms with Crippen LogP contribution in [0, 0.1) is 0 Å². The van der Waals surface area contributed by atoms with Crippen LogP contribution in [0.1, 0.15) is 22.6 Å². The minimum atomic E-state index is -0.387. The minimum absolute atomic E-state index is 0.162. The van der Waals surface area contributed by atoms with Gasteiger partial charge >= 0.3 is 0 Å². The molecule has 0 amide bonds. The summed E-state index contributed by atoms with van der Waals surface area (Å²) >= 11 is 13.9. The van der Waals surface area contributed by atoms with E-state index in [1.807, 2.05) is 84.2 Å². The summed E-state index contributed by atoms with van der Waals surface area (Å²) in [5.41, 5.74) is 3.80. The van der Waals surface area contributed by atoms with Crippen molar-refractivity contribution >= 4 is 50.3 Å². The summed E-state index contributed by atoms with van der Waals surface area (Å²) < 4.78 is 8.09. The normalized spacial score (nSPS) is 14.4. The van der Waals surface area contributed by atoms with Crippen LogP contribution in [-0.4, -0.2) is 9.38 Å². The van der Waals surface area contributed by atoms with Gasteiger partial charge in [0, 0.05) is 32.3 Å². The number of fused-ring (bicyclic) bond motifs is 5. The smallest absolute Gasteiger partial charge is 0.267 e. The van der Waals surface area contributed by atoms with Crippen LogP contribution in [0.5, 0.6) is 11.6 Å². The Morgan fingerprint density at radius 3 is 2.56 bits per heavy atom. The molecular weight excluding hydrogens is 511 g/mol. The lowest BCUT2D eigenvalue weighted by atomic mass is 9.83. The van der Waals surface area contributed by atoms with Crippen LogP contribution in [-0.2, 0) is 0 Å². The maximum absolute atomic E-state index is 14.2. The van der Waals surface area contributed by atoms with E-state index >= 15 is 0 Å². The van der Waals surface area contributed by atoms with E-state index in [0.29, 0.717) is 26.4 Å².